The first-order chi connectivity index (χ1) is 12.0. The number of fused-ring (bicyclic) bond motifs is 1. The van der Waals surface area contributed by atoms with Gasteiger partial charge in [0, 0.05) is 19.2 Å². The molecule has 0 fully saturated rings. The van der Waals surface area contributed by atoms with Gasteiger partial charge in [-0.3, -0.25) is 9.69 Å². The topological polar surface area (TPSA) is 50.5 Å². The monoisotopic (exact) mass is 356 g/mol. The van der Waals surface area contributed by atoms with E-state index in [1.165, 1.54) is 27.0 Å². The van der Waals surface area contributed by atoms with Crippen molar-refractivity contribution >= 4 is 16.3 Å². The highest BCUT2D eigenvalue weighted by atomic mass is 32.1. The quantitative estimate of drug-likeness (QED) is 0.679. The summed E-state index contributed by atoms with van der Waals surface area (Å²) in [6.07, 6.45) is 0.815. The number of hydrogen-bond donors (Lipinski definition) is 0. The molecule has 0 radical (unpaired) electrons. The van der Waals surface area contributed by atoms with Gasteiger partial charge < -0.3 is 0 Å². The van der Waals surface area contributed by atoms with E-state index in [4.69, 9.17) is 0 Å². The molecule has 6 heteroatoms. The fraction of sp³-hybridized carbons (Fsp3) is 0.421. The Labute approximate surface area is 152 Å². The molecule has 2 aromatic heterocycles. The standard InChI is InChI=1S/C19H24N4OS/c1-5-17-21-23-18(24)10-16(20-19(23)25-17)12-22(4)11-14-6-8-15(9-7-14)13(2)3/h6-10,13H,5,11-12H2,1-4H3. The van der Waals surface area contributed by atoms with Gasteiger partial charge >= 0.3 is 0 Å². The summed E-state index contributed by atoms with van der Waals surface area (Å²) in [5.41, 5.74) is 3.29. The third-order valence-corrected chi connectivity index (χ3v) is 5.23. The zero-order valence-electron chi connectivity index (χ0n) is 15.2. The van der Waals surface area contributed by atoms with E-state index in [0.29, 0.717) is 17.4 Å². The second-order valence-electron chi connectivity index (χ2n) is 6.70. The summed E-state index contributed by atoms with van der Waals surface area (Å²) < 4.78 is 1.40. The van der Waals surface area contributed by atoms with Gasteiger partial charge in [0.1, 0.15) is 5.01 Å². The average molecular weight is 356 g/mol. The fourth-order valence-corrected chi connectivity index (χ4v) is 3.63. The maximum atomic E-state index is 12.2. The first-order valence-corrected chi connectivity index (χ1v) is 9.44. The number of nitrogens with zero attached hydrogens (tertiary/aromatic N) is 4. The summed E-state index contributed by atoms with van der Waals surface area (Å²) in [7, 11) is 2.05. The van der Waals surface area contributed by atoms with Crippen LogP contribution in [0.5, 0.6) is 0 Å². The Morgan fingerprint density at radius 1 is 1.20 bits per heavy atom. The number of hydrogen-bond acceptors (Lipinski definition) is 5. The molecule has 0 aliphatic carbocycles. The van der Waals surface area contributed by atoms with Gasteiger partial charge in [0.2, 0.25) is 4.96 Å². The lowest BCUT2D eigenvalue weighted by atomic mass is 10.0. The van der Waals surface area contributed by atoms with Crippen molar-refractivity contribution in [3.05, 3.63) is 62.5 Å². The van der Waals surface area contributed by atoms with E-state index in [0.717, 1.165) is 23.7 Å². The summed E-state index contributed by atoms with van der Waals surface area (Å²) in [6.45, 7) is 7.89. The molecule has 2 heterocycles. The second-order valence-corrected chi connectivity index (χ2v) is 7.74. The van der Waals surface area contributed by atoms with Gasteiger partial charge in [0.05, 0.1) is 5.69 Å². The summed E-state index contributed by atoms with van der Waals surface area (Å²) in [5, 5.41) is 5.22. The summed E-state index contributed by atoms with van der Waals surface area (Å²) in [4.78, 5) is 19.7. The Bertz CT molecular complexity index is 911. The number of aromatic nitrogens is 3. The van der Waals surface area contributed by atoms with Crippen LogP contribution in [0.4, 0.5) is 0 Å². The first kappa shape index (κ1) is 17.8. The minimum absolute atomic E-state index is 0.106. The minimum atomic E-state index is -0.106. The molecule has 0 spiro atoms. The van der Waals surface area contributed by atoms with Gasteiger partial charge in [-0.05, 0) is 30.5 Å². The zero-order chi connectivity index (χ0) is 18.0. The summed E-state index contributed by atoms with van der Waals surface area (Å²) in [6, 6.07) is 10.3. The molecule has 0 bridgehead atoms. The van der Waals surface area contributed by atoms with E-state index in [2.05, 4.69) is 53.1 Å². The largest absolute Gasteiger partial charge is 0.296 e. The lowest BCUT2D eigenvalue weighted by Crippen LogP contribution is -2.21. The third-order valence-electron chi connectivity index (χ3n) is 4.17. The van der Waals surface area contributed by atoms with Crippen LogP contribution < -0.4 is 5.56 Å². The van der Waals surface area contributed by atoms with E-state index in [9.17, 15) is 4.79 Å². The van der Waals surface area contributed by atoms with Crippen LogP contribution >= 0.6 is 11.3 Å². The van der Waals surface area contributed by atoms with Gasteiger partial charge in [0.25, 0.3) is 5.56 Å². The molecule has 25 heavy (non-hydrogen) atoms. The zero-order valence-corrected chi connectivity index (χ0v) is 16.0. The summed E-state index contributed by atoms with van der Waals surface area (Å²) in [5.74, 6) is 0.545. The Morgan fingerprint density at radius 3 is 2.56 bits per heavy atom. The second kappa shape index (κ2) is 7.45. The van der Waals surface area contributed by atoms with Crippen LogP contribution in [0.3, 0.4) is 0 Å². The van der Waals surface area contributed by atoms with E-state index >= 15 is 0 Å². The number of aryl methyl sites for hydroxylation is 1. The molecule has 0 atom stereocenters. The van der Waals surface area contributed by atoms with Gasteiger partial charge in [0.15, 0.2) is 0 Å². The molecule has 1 aromatic carbocycles. The van der Waals surface area contributed by atoms with Crippen LogP contribution in [-0.4, -0.2) is 26.5 Å². The smallest absolute Gasteiger partial charge is 0.275 e. The molecular formula is C19H24N4OS. The maximum absolute atomic E-state index is 12.2. The highest BCUT2D eigenvalue weighted by molar-refractivity contribution is 7.16. The van der Waals surface area contributed by atoms with E-state index in [1.54, 1.807) is 6.07 Å². The molecule has 0 saturated carbocycles. The molecule has 3 rings (SSSR count). The van der Waals surface area contributed by atoms with Crippen LogP contribution in [-0.2, 0) is 19.5 Å². The number of rotatable bonds is 6. The van der Waals surface area contributed by atoms with Crippen LogP contribution in [0.1, 0.15) is 48.5 Å². The lowest BCUT2D eigenvalue weighted by Gasteiger charge is -2.16. The molecule has 0 aliphatic heterocycles. The highest BCUT2D eigenvalue weighted by Gasteiger charge is 2.10. The van der Waals surface area contributed by atoms with Crippen molar-refractivity contribution in [3.8, 4) is 0 Å². The van der Waals surface area contributed by atoms with Crippen molar-refractivity contribution in [2.24, 2.45) is 0 Å². The van der Waals surface area contributed by atoms with Crippen LogP contribution in [0.25, 0.3) is 4.96 Å². The van der Waals surface area contributed by atoms with Crippen LogP contribution in [0.2, 0.25) is 0 Å². The average Bonchev–Trinajstić information content (AvgIpc) is 2.99. The van der Waals surface area contributed by atoms with Crippen molar-refractivity contribution in [1.29, 1.82) is 0 Å². The normalized spacial score (nSPS) is 11.8. The minimum Gasteiger partial charge on any atom is -0.296 e. The summed E-state index contributed by atoms with van der Waals surface area (Å²) >= 11 is 1.48. The Kier molecular flexibility index (Phi) is 5.30. The van der Waals surface area contributed by atoms with Gasteiger partial charge in [-0.1, -0.05) is 56.4 Å². The molecule has 0 amide bonds. The predicted octanol–water partition coefficient (Wildman–Crippen LogP) is 3.47. The van der Waals surface area contributed by atoms with Crippen molar-refractivity contribution < 1.29 is 0 Å². The third kappa shape index (κ3) is 4.14. The van der Waals surface area contributed by atoms with E-state index < -0.39 is 0 Å². The first-order valence-electron chi connectivity index (χ1n) is 8.62. The van der Waals surface area contributed by atoms with Crippen LogP contribution in [0.15, 0.2) is 35.1 Å². The van der Waals surface area contributed by atoms with Crippen molar-refractivity contribution in [1.82, 2.24) is 19.5 Å². The Morgan fingerprint density at radius 2 is 1.92 bits per heavy atom. The Balaban J connectivity index is 1.73. The van der Waals surface area contributed by atoms with E-state index in [-0.39, 0.29) is 5.56 Å². The van der Waals surface area contributed by atoms with Crippen molar-refractivity contribution in [2.75, 3.05) is 7.05 Å². The molecule has 0 N–H and O–H groups in total. The van der Waals surface area contributed by atoms with Gasteiger partial charge in [-0.15, -0.1) is 0 Å². The molecular weight excluding hydrogens is 332 g/mol. The molecule has 0 unspecified atom stereocenters. The number of benzene rings is 1. The van der Waals surface area contributed by atoms with Crippen LogP contribution in [0, 0.1) is 0 Å². The maximum Gasteiger partial charge on any atom is 0.275 e. The molecule has 132 valence electrons. The highest BCUT2D eigenvalue weighted by Crippen LogP contribution is 2.16. The molecule has 5 nitrogen and oxygen atoms in total. The van der Waals surface area contributed by atoms with Crippen molar-refractivity contribution in [3.63, 3.8) is 0 Å². The SMILES string of the molecule is CCc1nn2c(=O)cc(CN(C)Cc3ccc(C(C)C)cc3)nc2s1. The lowest BCUT2D eigenvalue weighted by molar-refractivity contribution is 0.315. The molecule has 3 aromatic rings. The Hall–Kier alpha value is -2.05. The van der Waals surface area contributed by atoms with E-state index in [1.807, 2.05) is 14.0 Å². The molecule has 0 saturated heterocycles. The predicted molar refractivity (Wildman–Crippen MR) is 102 cm³/mol. The molecule has 0 aliphatic rings. The van der Waals surface area contributed by atoms with Gasteiger partial charge in [-0.2, -0.15) is 9.61 Å². The van der Waals surface area contributed by atoms with Gasteiger partial charge in [-0.25, -0.2) is 4.98 Å². The fourth-order valence-electron chi connectivity index (χ4n) is 2.77. The van der Waals surface area contributed by atoms with Crippen molar-refractivity contribution in [2.45, 2.75) is 46.2 Å².